The molecule has 0 unspecified atom stereocenters. The van der Waals surface area contributed by atoms with Crippen molar-refractivity contribution in [2.24, 2.45) is 0 Å². The molecule has 1 aliphatic rings. The number of alkyl halides is 3. The molecule has 0 bridgehead atoms. The summed E-state index contributed by atoms with van der Waals surface area (Å²) < 4.78 is 39.4. The molecule has 3 rings (SSSR count). The molecular formula is C17H19F3N4O. The van der Waals surface area contributed by atoms with E-state index >= 15 is 0 Å². The predicted molar refractivity (Wildman–Crippen MR) is 88.9 cm³/mol. The number of nitrogens with one attached hydrogen (secondary N) is 2. The molecule has 1 aliphatic carbocycles. The first-order valence-electron chi connectivity index (χ1n) is 8.19. The zero-order valence-corrected chi connectivity index (χ0v) is 13.5. The van der Waals surface area contributed by atoms with Gasteiger partial charge < -0.3 is 15.7 Å². The van der Waals surface area contributed by atoms with Crippen LogP contribution in [0.5, 0.6) is 5.75 Å². The molecule has 1 fully saturated rings. The topological polar surface area (TPSA) is 70.1 Å². The van der Waals surface area contributed by atoms with Crippen LogP contribution in [0.25, 0.3) is 0 Å². The van der Waals surface area contributed by atoms with E-state index in [0.29, 0.717) is 5.69 Å². The molecule has 1 heterocycles. The van der Waals surface area contributed by atoms with Crippen molar-refractivity contribution in [1.29, 1.82) is 0 Å². The van der Waals surface area contributed by atoms with Crippen molar-refractivity contribution < 1.29 is 18.3 Å². The van der Waals surface area contributed by atoms with Gasteiger partial charge in [0.15, 0.2) is 5.69 Å². The molecule has 134 valence electrons. The lowest BCUT2D eigenvalue weighted by Crippen LogP contribution is -2.24. The first-order valence-corrected chi connectivity index (χ1v) is 8.19. The standard InChI is InChI=1S/C17H19F3N4O/c18-17(19,20)14-10-15(21-12-7-4-8-13(25)9-12)24-16(23-14)22-11-5-2-1-3-6-11/h4,7-11,25H,1-3,5-6H2,(H2,21,22,23,24). The maximum atomic E-state index is 13.1. The minimum Gasteiger partial charge on any atom is -0.508 e. The van der Waals surface area contributed by atoms with Crippen LogP contribution < -0.4 is 10.6 Å². The number of halogens is 3. The third-order valence-corrected chi connectivity index (χ3v) is 4.07. The van der Waals surface area contributed by atoms with Crippen molar-refractivity contribution in [2.75, 3.05) is 10.6 Å². The summed E-state index contributed by atoms with van der Waals surface area (Å²) in [6.45, 7) is 0. The monoisotopic (exact) mass is 352 g/mol. The van der Waals surface area contributed by atoms with E-state index in [2.05, 4.69) is 20.6 Å². The second-order valence-electron chi connectivity index (χ2n) is 6.11. The molecule has 0 atom stereocenters. The van der Waals surface area contributed by atoms with Crippen LogP contribution in [0.1, 0.15) is 37.8 Å². The highest BCUT2D eigenvalue weighted by Crippen LogP contribution is 2.31. The largest absolute Gasteiger partial charge is 0.508 e. The Balaban J connectivity index is 1.86. The number of nitrogens with zero attached hydrogens (tertiary/aromatic N) is 2. The highest BCUT2D eigenvalue weighted by molar-refractivity contribution is 5.59. The van der Waals surface area contributed by atoms with E-state index < -0.39 is 11.9 Å². The number of benzene rings is 1. The lowest BCUT2D eigenvalue weighted by atomic mass is 9.96. The molecule has 1 aromatic carbocycles. The summed E-state index contributed by atoms with van der Waals surface area (Å²) in [5.41, 5.74) is -0.570. The summed E-state index contributed by atoms with van der Waals surface area (Å²) in [6, 6.07) is 7.04. The van der Waals surface area contributed by atoms with E-state index in [4.69, 9.17) is 0 Å². The van der Waals surface area contributed by atoms with E-state index in [1.165, 1.54) is 12.1 Å². The average Bonchev–Trinajstić information content (AvgIpc) is 2.55. The van der Waals surface area contributed by atoms with Crippen molar-refractivity contribution in [1.82, 2.24) is 9.97 Å². The lowest BCUT2D eigenvalue weighted by molar-refractivity contribution is -0.141. The summed E-state index contributed by atoms with van der Waals surface area (Å²) >= 11 is 0. The van der Waals surface area contributed by atoms with Gasteiger partial charge in [-0.15, -0.1) is 0 Å². The third kappa shape index (κ3) is 4.74. The minimum absolute atomic E-state index is 0.00987. The Kier molecular flexibility index (Phi) is 4.96. The number of phenolic OH excluding ortho intramolecular Hbond substituents is 1. The third-order valence-electron chi connectivity index (χ3n) is 4.07. The summed E-state index contributed by atoms with van der Waals surface area (Å²) in [4.78, 5) is 7.77. The van der Waals surface area contributed by atoms with E-state index in [-0.39, 0.29) is 23.6 Å². The highest BCUT2D eigenvalue weighted by Gasteiger charge is 2.34. The quantitative estimate of drug-likeness (QED) is 0.745. The highest BCUT2D eigenvalue weighted by atomic mass is 19.4. The van der Waals surface area contributed by atoms with Crippen LogP contribution in [0, 0.1) is 0 Å². The van der Waals surface area contributed by atoms with Gasteiger partial charge in [0.1, 0.15) is 11.6 Å². The fourth-order valence-corrected chi connectivity index (χ4v) is 2.88. The summed E-state index contributed by atoms with van der Waals surface area (Å²) in [5.74, 6) is -0.00809. The van der Waals surface area contributed by atoms with Gasteiger partial charge in [-0.05, 0) is 25.0 Å². The van der Waals surface area contributed by atoms with Gasteiger partial charge in [0.2, 0.25) is 5.95 Å². The van der Waals surface area contributed by atoms with Crippen molar-refractivity contribution in [2.45, 2.75) is 44.3 Å². The fourth-order valence-electron chi connectivity index (χ4n) is 2.88. The smallest absolute Gasteiger partial charge is 0.433 e. The van der Waals surface area contributed by atoms with Gasteiger partial charge in [0, 0.05) is 23.9 Å². The molecule has 1 saturated carbocycles. The van der Waals surface area contributed by atoms with E-state index in [9.17, 15) is 18.3 Å². The molecule has 8 heteroatoms. The van der Waals surface area contributed by atoms with Crippen LogP contribution >= 0.6 is 0 Å². The van der Waals surface area contributed by atoms with Crippen LogP contribution in [-0.2, 0) is 6.18 Å². The van der Waals surface area contributed by atoms with Crippen molar-refractivity contribution >= 4 is 17.5 Å². The molecule has 25 heavy (non-hydrogen) atoms. The molecule has 0 saturated heterocycles. The Labute approximate surface area is 143 Å². The van der Waals surface area contributed by atoms with Crippen molar-refractivity contribution in [3.05, 3.63) is 36.0 Å². The van der Waals surface area contributed by atoms with Crippen molar-refractivity contribution in [3.63, 3.8) is 0 Å². The van der Waals surface area contributed by atoms with E-state index in [1.807, 2.05) is 0 Å². The summed E-state index contributed by atoms with van der Waals surface area (Å²) in [6.07, 6.45) is 0.465. The summed E-state index contributed by atoms with van der Waals surface area (Å²) in [5, 5.41) is 15.3. The van der Waals surface area contributed by atoms with Crippen LogP contribution in [-0.4, -0.2) is 21.1 Å². The SMILES string of the molecule is Oc1cccc(Nc2cc(C(F)(F)F)nc(NC3CCCCC3)n2)c1. The van der Waals surface area contributed by atoms with Gasteiger partial charge in [0.05, 0.1) is 0 Å². The zero-order chi connectivity index (χ0) is 17.9. The van der Waals surface area contributed by atoms with Gasteiger partial charge in [-0.3, -0.25) is 0 Å². The van der Waals surface area contributed by atoms with Gasteiger partial charge in [0.25, 0.3) is 0 Å². The fraction of sp³-hybridized carbons (Fsp3) is 0.412. The number of aromatic hydroxyl groups is 1. The molecule has 0 aliphatic heterocycles. The van der Waals surface area contributed by atoms with Crippen LogP contribution in [0.3, 0.4) is 0 Å². The van der Waals surface area contributed by atoms with Gasteiger partial charge in [-0.1, -0.05) is 25.3 Å². The van der Waals surface area contributed by atoms with Crippen LogP contribution in [0.4, 0.5) is 30.6 Å². The Morgan fingerprint density at radius 3 is 2.48 bits per heavy atom. The Morgan fingerprint density at radius 2 is 1.80 bits per heavy atom. The van der Waals surface area contributed by atoms with E-state index in [0.717, 1.165) is 38.2 Å². The Bertz CT molecular complexity index is 730. The molecule has 1 aromatic heterocycles. The maximum absolute atomic E-state index is 13.1. The number of aromatic nitrogens is 2. The number of hydrogen-bond donors (Lipinski definition) is 3. The average molecular weight is 352 g/mol. The second-order valence-corrected chi connectivity index (χ2v) is 6.11. The molecule has 2 aromatic rings. The number of anilines is 3. The van der Waals surface area contributed by atoms with E-state index in [1.54, 1.807) is 12.1 Å². The molecule has 0 amide bonds. The predicted octanol–water partition coefficient (Wildman–Crippen LogP) is 4.69. The normalized spacial score (nSPS) is 15.8. The van der Waals surface area contributed by atoms with Crippen LogP contribution in [0.15, 0.2) is 30.3 Å². The Hall–Kier alpha value is -2.51. The molecular weight excluding hydrogens is 333 g/mol. The number of phenols is 1. The minimum atomic E-state index is -4.57. The lowest BCUT2D eigenvalue weighted by Gasteiger charge is -2.23. The van der Waals surface area contributed by atoms with Crippen LogP contribution in [0.2, 0.25) is 0 Å². The molecule has 0 spiro atoms. The summed E-state index contributed by atoms with van der Waals surface area (Å²) in [7, 11) is 0. The first kappa shape index (κ1) is 17.3. The van der Waals surface area contributed by atoms with Gasteiger partial charge in [-0.25, -0.2) is 4.98 Å². The second kappa shape index (κ2) is 7.16. The molecule has 3 N–H and O–H groups in total. The number of hydrogen-bond acceptors (Lipinski definition) is 5. The number of rotatable bonds is 4. The molecule has 5 nitrogen and oxygen atoms in total. The zero-order valence-electron chi connectivity index (χ0n) is 13.5. The van der Waals surface area contributed by atoms with Gasteiger partial charge >= 0.3 is 6.18 Å². The Morgan fingerprint density at radius 1 is 1.04 bits per heavy atom. The maximum Gasteiger partial charge on any atom is 0.433 e. The molecule has 0 radical (unpaired) electrons. The van der Waals surface area contributed by atoms with Gasteiger partial charge in [-0.2, -0.15) is 18.2 Å². The van der Waals surface area contributed by atoms with Crippen molar-refractivity contribution in [3.8, 4) is 5.75 Å². The first-order chi connectivity index (χ1) is 11.9.